The van der Waals surface area contributed by atoms with Gasteiger partial charge in [0, 0.05) is 5.02 Å². The second kappa shape index (κ2) is 9.39. The van der Waals surface area contributed by atoms with Crippen LogP contribution in [0.2, 0.25) is 5.02 Å². The fourth-order valence-corrected chi connectivity index (χ4v) is 8.00. The number of halogens is 2. The second-order valence-corrected chi connectivity index (χ2v) is 10.5. The Morgan fingerprint density at radius 1 is 0.500 bits per heavy atom. The van der Waals surface area contributed by atoms with Crippen LogP contribution in [-0.2, 0) is 6.16 Å². The smallest absolute Gasteiger partial charge is 0.116 e. The normalized spacial score (nSPS) is 10.9. The Labute approximate surface area is 179 Å². The molecule has 28 heavy (non-hydrogen) atoms. The third-order valence-corrected chi connectivity index (χ3v) is 9.55. The molecule has 4 rings (SSSR count). The van der Waals surface area contributed by atoms with Gasteiger partial charge in [0.05, 0.1) is 6.16 Å². The van der Waals surface area contributed by atoms with Gasteiger partial charge in [0.25, 0.3) is 0 Å². The maximum Gasteiger partial charge on any atom is 0.116 e. The largest absolute Gasteiger partial charge is 0.147 e. The van der Waals surface area contributed by atoms with Crippen molar-refractivity contribution in [1.82, 2.24) is 0 Å². The molecule has 0 amide bonds. The zero-order valence-corrected chi connectivity index (χ0v) is 17.9. The van der Waals surface area contributed by atoms with E-state index in [0.29, 0.717) is 0 Å². The molecule has 0 aliphatic rings. The highest BCUT2D eigenvalue weighted by Crippen LogP contribution is 2.58. The Balaban J connectivity index is 0.00000225. The topological polar surface area (TPSA) is 0 Å². The molecule has 0 saturated carbocycles. The predicted molar refractivity (Wildman–Crippen MR) is 128 cm³/mol. The van der Waals surface area contributed by atoms with Crippen LogP contribution < -0.4 is 15.9 Å². The van der Waals surface area contributed by atoms with Crippen LogP contribution in [0.3, 0.4) is 0 Å². The number of benzene rings is 4. The van der Waals surface area contributed by atoms with Gasteiger partial charge in [0.15, 0.2) is 0 Å². The molecule has 0 fully saturated rings. The first-order chi connectivity index (χ1) is 13.3. The highest BCUT2D eigenvalue weighted by molar-refractivity contribution is 7.95. The molecule has 4 aromatic carbocycles. The van der Waals surface area contributed by atoms with Gasteiger partial charge >= 0.3 is 0 Å². The maximum absolute atomic E-state index is 6.14. The van der Waals surface area contributed by atoms with Crippen molar-refractivity contribution in [2.24, 2.45) is 0 Å². The van der Waals surface area contributed by atoms with Crippen LogP contribution in [0.15, 0.2) is 115 Å². The summed E-state index contributed by atoms with van der Waals surface area (Å²) in [5, 5.41) is 4.98. The molecule has 4 aromatic rings. The van der Waals surface area contributed by atoms with E-state index in [0.717, 1.165) is 11.2 Å². The molecule has 3 heteroatoms. The molecule has 0 aliphatic carbocycles. The Morgan fingerprint density at radius 2 is 0.857 bits per heavy atom. The van der Waals surface area contributed by atoms with Crippen LogP contribution in [0, 0.1) is 0 Å². The maximum atomic E-state index is 6.14. The zero-order chi connectivity index (χ0) is 18.5. The molecule has 0 unspecified atom stereocenters. The minimum atomic E-state index is -1.83. The van der Waals surface area contributed by atoms with Crippen molar-refractivity contribution in [2.45, 2.75) is 6.16 Å². The molecule has 0 bridgehead atoms. The van der Waals surface area contributed by atoms with Crippen molar-refractivity contribution in [3.8, 4) is 0 Å². The van der Waals surface area contributed by atoms with Crippen LogP contribution in [0.5, 0.6) is 0 Å². The van der Waals surface area contributed by atoms with E-state index in [1.807, 2.05) is 12.1 Å². The van der Waals surface area contributed by atoms with Gasteiger partial charge in [0.2, 0.25) is 0 Å². The van der Waals surface area contributed by atoms with E-state index in [1.165, 1.54) is 21.5 Å². The summed E-state index contributed by atoms with van der Waals surface area (Å²) in [5.41, 5.74) is 1.31. The number of hydrogen-bond acceptors (Lipinski definition) is 0. The average molecular weight is 424 g/mol. The average Bonchev–Trinajstić information content (AvgIpc) is 2.75. The Bertz CT molecular complexity index is 888. The van der Waals surface area contributed by atoms with Crippen LogP contribution >= 0.6 is 31.3 Å². The minimum absolute atomic E-state index is 0. The summed E-state index contributed by atoms with van der Waals surface area (Å²) in [6, 6.07) is 41.2. The van der Waals surface area contributed by atoms with Crippen molar-refractivity contribution in [2.75, 3.05) is 0 Å². The molecule has 0 heterocycles. The van der Waals surface area contributed by atoms with E-state index in [2.05, 4.69) is 103 Å². The first kappa shape index (κ1) is 20.6. The van der Waals surface area contributed by atoms with Gasteiger partial charge < -0.3 is 0 Å². The second-order valence-electron chi connectivity index (χ2n) is 6.60. The zero-order valence-electron chi connectivity index (χ0n) is 15.4. The molecule has 0 aliphatic heterocycles. The lowest BCUT2D eigenvalue weighted by atomic mass is 10.2. The van der Waals surface area contributed by atoms with Crippen LogP contribution in [0.1, 0.15) is 5.56 Å². The van der Waals surface area contributed by atoms with Gasteiger partial charge in [-0.3, -0.25) is 0 Å². The lowest BCUT2D eigenvalue weighted by Gasteiger charge is -2.27. The fourth-order valence-electron chi connectivity index (χ4n) is 3.63. The third-order valence-electron chi connectivity index (χ3n) is 4.92. The number of hydrogen-bond donors (Lipinski definition) is 0. The van der Waals surface area contributed by atoms with Crippen LogP contribution in [0.25, 0.3) is 0 Å². The Hall–Kier alpha value is -2.11. The monoisotopic (exact) mass is 423 g/mol. The molecular formula is C25H22Cl2P+. The molecular weight excluding hydrogens is 402 g/mol. The van der Waals surface area contributed by atoms with E-state index in [9.17, 15) is 0 Å². The van der Waals surface area contributed by atoms with Crippen molar-refractivity contribution in [3.05, 3.63) is 126 Å². The van der Waals surface area contributed by atoms with Gasteiger partial charge in [0.1, 0.15) is 23.2 Å². The highest BCUT2D eigenvalue weighted by atomic mass is 35.5. The standard InChI is InChI=1S/C25H21ClP.ClH/c26-22-18-16-21(17-19-22)20-27(23-10-4-1-5-11-23,24-12-6-2-7-13-24)25-14-8-3-9-15-25;/h1-19H,20H2;1H/q+1;. The summed E-state index contributed by atoms with van der Waals surface area (Å²) in [6.45, 7) is 0. The molecule has 0 atom stereocenters. The van der Waals surface area contributed by atoms with Crippen molar-refractivity contribution in [1.29, 1.82) is 0 Å². The molecule has 0 spiro atoms. The lowest BCUT2D eigenvalue weighted by molar-refractivity contribution is 1.39. The number of rotatable bonds is 5. The van der Waals surface area contributed by atoms with Gasteiger partial charge in [-0.05, 0) is 54.1 Å². The molecule has 0 N–H and O–H groups in total. The molecule has 0 radical (unpaired) electrons. The molecule has 0 aromatic heterocycles. The van der Waals surface area contributed by atoms with Crippen LogP contribution in [-0.4, -0.2) is 0 Å². The summed E-state index contributed by atoms with van der Waals surface area (Å²) >= 11 is 6.14. The summed E-state index contributed by atoms with van der Waals surface area (Å²) < 4.78 is 0. The summed E-state index contributed by atoms with van der Waals surface area (Å²) in [5.74, 6) is 0. The van der Waals surface area contributed by atoms with E-state index in [-0.39, 0.29) is 12.4 Å². The van der Waals surface area contributed by atoms with Gasteiger partial charge in [-0.2, -0.15) is 0 Å². The summed E-state index contributed by atoms with van der Waals surface area (Å²) in [4.78, 5) is 0. The van der Waals surface area contributed by atoms with E-state index in [4.69, 9.17) is 11.6 Å². The first-order valence-electron chi connectivity index (χ1n) is 9.08. The third kappa shape index (κ3) is 4.15. The van der Waals surface area contributed by atoms with Crippen molar-refractivity contribution < 1.29 is 0 Å². The van der Waals surface area contributed by atoms with E-state index in [1.54, 1.807) is 0 Å². The van der Waals surface area contributed by atoms with Gasteiger partial charge in [-0.1, -0.05) is 78.3 Å². The summed E-state index contributed by atoms with van der Waals surface area (Å²) in [6.07, 6.45) is 0.974. The van der Waals surface area contributed by atoms with E-state index >= 15 is 0 Å². The predicted octanol–water partition coefficient (Wildman–Crippen LogP) is 6.26. The van der Waals surface area contributed by atoms with Crippen LogP contribution in [0.4, 0.5) is 0 Å². The Kier molecular flexibility index (Phi) is 6.92. The SMILES string of the molecule is Cl.Clc1ccc(C[P+](c2ccccc2)(c2ccccc2)c2ccccc2)cc1. The quantitative estimate of drug-likeness (QED) is 0.332. The van der Waals surface area contributed by atoms with Gasteiger partial charge in [-0.25, -0.2) is 0 Å². The van der Waals surface area contributed by atoms with E-state index < -0.39 is 7.26 Å². The molecule has 0 saturated heterocycles. The lowest BCUT2D eigenvalue weighted by Crippen LogP contribution is -2.32. The van der Waals surface area contributed by atoms with Crippen molar-refractivity contribution >= 4 is 47.2 Å². The van der Waals surface area contributed by atoms with Crippen molar-refractivity contribution in [3.63, 3.8) is 0 Å². The Morgan fingerprint density at radius 3 is 1.21 bits per heavy atom. The first-order valence-corrected chi connectivity index (χ1v) is 11.4. The van der Waals surface area contributed by atoms with Gasteiger partial charge in [-0.15, -0.1) is 12.4 Å². The molecule has 0 nitrogen and oxygen atoms in total. The highest BCUT2D eigenvalue weighted by Gasteiger charge is 2.45. The minimum Gasteiger partial charge on any atom is -0.147 e. The molecule has 140 valence electrons. The fraction of sp³-hybridized carbons (Fsp3) is 0.0400. The summed E-state index contributed by atoms with van der Waals surface area (Å²) in [7, 11) is -1.83.